The largest absolute Gasteiger partial charge is 0.494 e. The van der Waals surface area contributed by atoms with Gasteiger partial charge in [0, 0.05) is 26.2 Å². The molecule has 1 amide bonds. The van der Waals surface area contributed by atoms with E-state index in [9.17, 15) is 13.2 Å². The Balaban J connectivity index is 2.00. The smallest absolute Gasteiger partial charge is 0.243 e. The molecule has 0 radical (unpaired) electrons. The molecule has 152 valence electrons. The first kappa shape index (κ1) is 21.5. The molecule has 1 saturated heterocycles. The average Bonchev–Trinajstić information content (AvgIpc) is 2.63. The Bertz CT molecular complexity index is 702. The van der Waals surface area contributed by atoms with Crippen LogP contribution in [-0.2, 0) is 19.6 Å². The highest BCUT2D eigenvalue weighted by Gasteiger charge is 2.29. The fraction of sp³-hybridized carbons (Fsp3) is 0.611. The zero-order chi connectivity index (χ0) is 19.9. The zero-order valence-corrected chi connectivity index (χ0v) is 17.0. The third kappa shape index (κ3) is 6.37. The van der Waals surface area contributed by atoms with Crippen molar-refractivity contribution in [2.24, 2.45) is 0 Å². The van der Waals surface area contributed by atoms with Gasteiger partial charge in [-0.25, -0.2) is 8.42 Å². The molecular weight excluding hydrogens is 370 g/mol. The van der Waals surface area contributed by atoms with Crippen LogP contribution in [0.4, 0.5) is 5.69 Å². The van der Waals surface area contributed by atoms with E-state index >= 15 is 0 Å². The standard InChI is InChI=1S/C18H29N3O5S/c1-4-26-17-7-5-16(6-8-17)21(27(3,23)24)15(2)18(22)19-9-10-20-11-13-25-14-12-20/h5-8,15H,4,9-14H2,1-3H3,(H,19,22)/t15-/m0/s1. The molecule has 9 heteroatoms. The Kier molecular flexibility index (Phi) is 7.88. The van der Waals surface area contributed by atoms with Gasteiger partial charge in [-0.3, -0.25) is 14.0 Å². The monoisotopic (exact) mass is 399 g/mol. The first-order valence-corrected chi connectivity index (χ1v) is 11.0. The Morgan fingerprint density at radius 3 is 2.48 bits per heavy atom. The summed E-state index contributed by atoms with van der Waals surface area (Å²) in [6, 6.07) is 5.82. The Labute approximate surface area is 161 Å². The molecule has 0 unspecified atom stereocenters. The molecule has 0 bridgehead atoms. The molecule has 0 aliphatic carbocycles. The molecule has 2 rings (SSSR count). The molecule has 0 saturated carbocycles. The molecule has 8 nitrogen and oxygen atoms in total. The highest BCUT2D eigenvalue weighted by Crippen LogP contribution is 2.24. The lowest BCUT2D eigenvalue weighted by Gasteiger charge is -2.29. The van der Waals surface area contributed by atoms with Gasteiger partial charge in [0.2, 0.25) is 15.9 Å². The predicted molar refractivity (Wildman–Crippen MR) is 105 cm³/mol. The van der Waals surface area contributed by atoms with Gasteiger partial charge in [-0.2, -0.15) is 0 Å². The van der Waals surface area contributed by atoms with Crippen LogP contribution in [0.3, 0.4) is 0 Å². The van der Waals surface area contributed by atoms with Crippen LogP contribution in [0.1, 0.15) is 13.8 Å². The van der Waals surface area contributed by atoms with Gasteiger partial charge in [-0.1, -0.05) is 0 Å². The minimum absolute atomic E-state index is 0.331. The Morgan fingerprint density at radius 2 is 1.93 bits per heavy atom. The summed E-state index contributed by atoms with van der Waals surface area (Å²) in [5.41, 5.74) is 0.428. The maximum absolute atomic E-state index is 12.5. The lowest BCUT2D eigenvalue weighted by molar-refractivity contribution is -0.121. The number of nitrogens with zero attached hydrogens (tertiary/aromatic N) is 2. The number of benzene rings is 1. The second-order valence-electron chi connectivity index (χ2n) is 6.41. The fourth-order valence-electron chi connectivity index (χ4n) is 2.97. The number of amides is 1. The summed E-state index contributed by atoms with van der Waals surface area (Å²) in [5.74, 6) is 0.319. The van der Waals surface area contributed by atoms with Gasteiger partial charge in [0.05, 0.1) is 31.8 Å². The number of ether oxygens (including phenoxy) is 2. The number of hydrogen-bond acceptors (Lipinski definition) is 6. The molecular formula is C18H29N3O5S. The molecule has 27 heavy (non-hydrogen) atoms. The summed E-state index contributed by atoms with van der Waals surface area (Å²) < 4.78 is 36.4. The van der Waals surface area contributed by atoms with Crippen LogP contribution in [0.5, 0.6) is 5.75 Å². The minimum Gasteiger partial charge on any atom is -0.494 e. The van der Waals surface area contributed by atoms with E-state index in [1.807, 2.05) is 6.92 Å². The lowest BCUT2D eigenvalue weighted by atomic mass is 10.2. The number of anilines is 1. The maximum Gasteiger partial charge on any atom is 0.243 e. The molecule has 0 aromatic heterocycles. The van der Waals surface area contributed by atoms with E-state index < -0.39 is 16.1 Å². The van der Waals surface area contributed by atoms with Gasteiger partial charge in [0.15, 0.2) is 0 Å². The van der Waals surface area contributed by atoms with E-state index in [-0.39, 0.29) is 5.91 Å². The molecule has 1 fully saturated rings. The Hall–Kier alpha value is -1.84. The van der Waals surface area contributed by atoms with Gasteiger partial charge >= 0.3 is 0 Å². The van der Waals surface area contributed by atoms with Crippen LogP contribution >= 0.6 is 0 Å². The van der Waals surface area contributed by atoms with Crippen LogP contribution in [0.2, 0.25) is 0 Å². The van der Waals surface area contributed by atoms with Crippen LogP contribution in [0, 0.1) is 0 Å². The van der Waals surface area contributed by atoms with Crippen LogP contribution in [0.25, 0.3) is 0 Å². The van der Waals surface area contributed by atoms with E-state index in [2.05, 4.69) is 10.2 Å². The van der Waals surface area contributed by atoms with E-state index in [0.29, 0.717) is 44.3 Å². The van der Waals surface area contributed by atoms with E-state index in [0.717, 1.165) is 23.7 Å². The molecule has 1 aromatic carbocycles. The van der Waals surface area contributed by atoms with Crippen molar-refractivity contribution in [2.75, 3.05) is 56.6 Å². The van der Waals surface area contributed by atoms with Crippen molar-refractivity contribution in [3.05, 3.63) is 24.3 Å². The highest BCUT2D eigenvalue weighted by atomic mass is 32.2. The van der Waals surface area contributed by atoms with Crippen molar-refractivity contribution >= 4 is 21.6 Å². The van der Waals surface area contributed by atoms with E-state index in [1.54, 1.807) is 31.2 Å². The first-order chi connectivity index (χ1) is 12.8. The molecule has 1 heterocycles. The minimum atomic E-state index is -3.63. The highest BCUT2D eigenvalue weighted by molar-refractivity contribution is 7.92. The van der Waals surface area contributed by atoms with Crippen molar-refractivity contribution in [3.8, 4) is 5.75 Å². The third-order valence-electron chi connectivity index (χ3n) is 4.32. The average molecular weight is 400 g/mol. The Morgan fingerprint density at radius 1 is 1.30 bits per heavy atom. The normalized spacial score (nSPS) is 16.6. The topological polar surface area (TPSA) is 88.2 Å². The predicted octanol–water partition coefficient (Wildman–Crippen LogP) is 0.688. The second-order valence-corrected chi connectivity index (χ2v) is 8.27. The van der Waals surface area contributed by atoms with E-state index in [4.69, 9.17) is 9.47 Å². The lowest BCUT2D eigenvalue weighted by Crippen LogP contribution is -2.49. The first-order valence-electron chi connectivity index (χ1n) is 9.13. The summed E-state index contributed by atoms with van der Waals surface area (Å²) >= 11 is 0. The molecule has 1 aromatic rings. The van der Waals surface area contributed by atoms with Crippen LogP contribution < -0.4 is 14.4 Å². The molecule has 1 atom stereocenters. The SMILES string of the molecule is CCOc1ccc(N([C@@H](C)C(=O)NCCN2CCOCC2)S(C)(=O)=O)cc1. The number of rotatable bonds is 9. The van der Waals surface area contributed by atoms with Crippen LogP contribution in [0.15, 0.2) is 24.3 Å². The summed E-state index contributed by atoms with van der Waals surface area (Å²) in [6.07, 6.45) is 1.10. The molecule has 1 aliphatic rings. The number of nitrogens with one attached hydrogen (secondary N) is 1. The summed E-state index contributed by atoms with van der Waals surface area (Å²) in [5, 5.41) is 2.83. The van der Waals surface area contributed by atoms with Crippen molar-refractivity contribution in [3.63, 3.8) is 0 Å². The summed E-state index contributed by atoms with van der Waals surface area (Å²) in [4.78, 5) is 14.7. The fourth-order valence-corrected chi connectivity index (χ4v) is 4.15. The zero-order valence-electron chi connectivity index (χ0n) is 16.2. The van der Waals surface area contributed by atoms with Crippen molar-refractivity contribution in [1.82, 2.24) is 10.2 Å². The van der Waals surface area contributed by atoms with Gasteiger partial charge in [-0.05, 0) is 38.1 Å². The number of carbonyl (C=O) groups is 1. The van der Waals surface area contributed by atoms with Gasteiger partial charge < -0.3 is 14.8 Å². The van der Waals surface area contributed by atoms with Gasteiger partial charge in [0.25, 0.3) is 0 Å². The third-order valence-corrected chi connectivity index (χ3v) is 5.56. The van der Waals surface area contributed by atoms with Gasteiger partial charge in [-0.15, -0.1) is 0 Å². The molecule has 1 N–H and O–H groups in total. The number of carbonyl (C=O) groups excluding carboxylic acids is 1. The summed E-state index contributed by atoms with van der Waals surface area (Å²) in [6.45, 7) is 8.24. The number of sulfonamides is 1. The van der Waals surface area contributed by atoms with Gasteiger partial charge in [0.1, 0.15) is 11.8 Å². The second kappa shape index (κ2) is 9.91. The molecule has 0 spiro atoms. The maximum atomic E-state index is 12.5. The van der Waals surface area contributed by atoms with Crippen molar-refractivity contribution < 1.29 is 22.7 Å². The molecule has 1 aliphatic heterocycles. The quantitative estimate of drug-likeness (QED) is 0.657. The van der Waals surface area contributed by atoms with Crippen LogP contribution in [-0.4, -0.2) is 77.5 Å². The van der Waals surface area contributed by atoms with Crippen molar-refractivity contribution in [1.29, 1.82) is 0 Å². The van der Waals surface area contributed by atoms with Crippen molar-refractivity contribution in [2.45, 2.75) is 19.9 Å². The summed E-state index contributed by atoms with van der Waals surface area (Å²) in [7, 11) is -3.63. The number of morpholine rings is 1. The van der Waals surface area contributed by atoms with E-state index in [1.165, 1.54) is 0 Å². The number of hydrogen-bond donors (Lipinski definition) is 1.